The largest absolute Gasteiger partial charge is 0.506 e. The monoisotopic (exact) mass is 310 g/mol. The summed E-state index contributed by atoms with van der Waals surface area (Å²) in [7, 11) is 1.54. The number of carbonyl (C=O) groups excluding carboxylic acids is 2. The molecule has 0 unspecified atom stereocenters. The predicted octanol–water partition coefficient (Wildman–Crippen LogP) is 2.53. The number of hydrogen-bond donors (Lipinski definition) is 3. The first-order chi connectivity index (χ1) is 11.1. The zero-order valence-electron chi connectivity index (χ0n) is 12.3. The number of allylic oxidation sites excluding steroid dienone is 1. The average molecular weight is 310 g/mol. The molecule has 0 atom stereocenters. The van der Waals surface area contributed by atoms with E-state index in [0.29, 0.717) is 22.7 Å². The molecule has 0 saturated carbocycles. The molecule has 0 aliphatic carbocycles. The van der Waals surface area contributed by atoms with Gasteiger partial charge in [0.2, 0.25) is 0 Å². The van der Waals surface area contributed by atoms with Crippen molar-refractivity contribution in [3.8, 4) is 11.5 Å². The first kappa shape index (κ1) is 14.6. The highest BCUT2D eigenvalue weighted by Crippen LogP contribution is 2.35. The van der Waals surface area contributed by atoms with E-state index in [1.54, 1.807) is 43.5 Å². The Hall–Kier alpha value is -3.28. The average Bonchev–Trinajstić information content (AvgIpc) is 2.56. The second-order valence-electron chi connectivity index (χ2n) is 4.93. The third-order valence-corrected chi connectivity index (χ3v) is 3.44. The van der Waals surface area contributed by atoms with E-state index in [2.05, 4.69) is 10.6 Å². The minimum absolute atomic E-state index is 0.00898. The number of ether oxygens (including phenoxy) is 1. The molecule has 0 aromatic heterocycles. The summed E-state index contributed by atoms with van der Waals surface area (Å²) in [5.41, 5.74) is 1.32. The molecule has 3 N–H and O–H groups in total. The molecule has 1 amide bonds. The predicted molar refractivity (Wildman–Crippen MR) is 85.8 cm³/mol. The Balaban J connectivity index is 1.88. The van der Waals surface area contributed by atoms with Crippen LogP contribution in [0.15, 0.2) is 54.2 Å². The van der Waals surface area contributed by atoms with E-state index < -0.39 is 5.91 Å². The van der Waals surface area contributed by atoms with Crippen LogP contribution in [0.5, 0.6) is 11.5 Å². The van der Waals surface area contributed by atoms with Crippen LogP contribution in [0.4, 0.5) is 11.4 Å². The number of hydrogen-bond acceptors (Lipinski definition) is 5. The van der Waals surface area contributed by atoms with Crippen molar-refractivity contribution in [2.24, 2.45) is 0 Å². The molecule has 0 saturated heterocycles. The first-order valence-electron chi connectivity index (χ1n) is 6.89. The van der Waals surface area contributed by atoms with Gasteiger partial charge in [-0.1, -0.05) is 6.07 Å². The van der Waals surface area contributed by atoms with Gasteiger partial charge in [-0.15, -0.1) is 0 Å². The number of phenols is 1. The number of ketones is 1. The maximum absolute atomic E-state index is 12.3. The van der Waals surface area contributed by atoms with Crippen LogP contribution >= 0.6 is 0 Å². The molecule has 0 bridgehead atoms. The Bertz CT molecular complexity index is 810. The van der Waals surface area contributed by atoms with Gasteiger partial charge in [0, 0.05) is 11.6 Å². The molecule has 6 nitrogen and oxygen atoms in total. The summed E-state index contributed by atoms with van der Waals surface area (Å²) in [5.74, 6) is -0.138. The fourth-order valence-electron chi connectivity index (χ4n) is 2.23. The van der Waals surface area contributed by atoms with Crippen LogP contribution in [-0.4, -0.2) is 23.9 Å². The highest BCUT2D eigenvalue weighted by Gasteiger charge is 2.22. The van der Waals surface area contributed by atoms with Gasteiger partial charge in [0.15, 0.2) is 5.78 Å². The van der Waals surface area contributed by atoms with Crippen molar-refractivity contribution in [3.05, 3.63) is 59.8 Å². The van der Waals surface area contributed by atoms with Gasteiger partial charge in [-0.2, -0.15) is 0 Å². The van der Waals surface area contributed by atoms with Gasteiger partial charge in [0.1, 0.15) is 22.9 Å². The number of phenolic OH excluding ortho intramolecular Hbond substituents is 1. The molecular weight excluding hydrogens is 296 g/mol. The molecule has 0 radical (unpaired) electrons. The number of anilines is 2. The van der Waals surface area contributed by atoms with Gasteiger partial charge in [0.05, 0.1) is 12.8 Å². The van der Waals surface area contributed by atoms with Gasteiger partial charge in [0.25, 0.3) is 5.91 Å². The van der Waals surface area contributed by atoms with Gasteiger partial charge < -0.3 is 20.5 Å². The summed E-state index contributed by atoms with van der Waals surface area (Å²) in [5, 5.41) is 15.2. The third-order valence-electron chi connectivity index (χ3n) is 3.44. The van der Waals surface area contributed by atoms with Crippen LogP contribution in [0.1, 0.15) is 10.4 Å². The second-order valence-corrected chi connectivity index (χ2v) is 4.93. The van der Waals surface area contributed by atoms with Crippen molar-refractivity contribution in [1.82, 2.24) is 0 Å². The first-order valence-corrected chi connectivity index (χ1v) is 6.89. The highest BCUT2D eigenvalue weighted by atomic mass is 16.5. The molecule has 2 aromatic rings. The number of rotatable bonds is 3. The van der Waals surface area contributed by atoms with Crippen LogP contribution in [0, 0.1) is 0 Å². The van der Waals surface area contributed by atoms with E-state index in [1.165, 1.54) is 12.1 Å². The van der Waals surface area contributed by atoms with Crippen LogP contribution in [0.3, 0.4) is 0 Å². The SMILES string of the molecule is COc1ccc(C(=O)/C=C2\Nc3c(O)cccc3NC2=O)cc1. The topological polar surface area (TPSA) is 87.7 Å². The maximum Gasteiger partial charge on any atom is 0.272 e. The summed E-state index contributed by atoms with van der Waals surface area (Å²) in [6.45, 7) is 0. The molecule has 23 heavy (non-hydrogen) atoms. The summed E-state index contributed by atoms with van der Waals surface area (Å²) in [6, 6.07) is 11.3. The summed E-state index contributed by atoms with van der Waals surface area (Å²) in [6.07, 6.45) is 1.20. The van der Waals surface area contributed by atoms with Crippen molar-refractivity contribution in [2.45, 2.75) is 0 Å². The molecule has 0 fully saturated rings. The summed E-state index contributed by atoms with van der Waals surface area (Å²) < 4.78 is 5.04. The Morgan fingerprint density at radius 2 is 1.87 bits per heavy atom. The van der Waals surface area contributed by atoms with E-state index in [0.717, 1.165) is 0 Å². The van der Waals surface area contributed by atoms with Crippen molar-refractivity contribution in [3.63, 3.8) is 0 Å². The molecule has 1 aliphatic heterocycles. The number of fused-ring (bicyclic) bond motifs is 1. The van der Waals surface area contributed by atoms with Crippen molar-refractivity contribution in [2.75, 3.05) is 17.7 Å². The number of amides is 1. The number of methoxy groups -OCH3 is 1. The molecule has 1 heterocycles. The Morgan fingerprint density at radius 3 is 2.57 bits per heavy atom. The third kappa shape index (κ3) is 2.87. The minimum Gasteiger partial charge on any atom is -0.506 e. The number of nitrogens with one attached hydrogen (secondary N) is 2. The van der Waals surface area contributed by atoms with E-state index >= 15 is 0 Å². The van der Waals surface area contributed by atoms with Crippen LogP contribution in [0.2, 0.25) is 0 Å². The summed E-state index contributed by atoms with van der Waals surface area (Å²) in [4.78, 5) is 24.3. The molecule has 2 aromatic carbocycles. The van der Waals surface area contributed by atoms with Crippen molar-refractivity contribution >= 4 is 23.1 Å². The standard InChI is InChI=1S/C17H14N2O4/c1-23-11-7-5-10(6-8-11)15(21)9-13-17(22)19-12-3-2-4-14(20)16(12)18-13/h2-9,18,20H,1H3,(H,19,22)/b13-9-. The lowest BCUT2D eigenvalue weighted by Gasteiger charge is -2.21. The van der Waals surface area contributed by atoms with Crippen LogP contribution in [-0.2, 0) is 4.79 Å². The quantitative estimate of drug-likeness (QED) is 0.461. The number of aromatic hydroxyl groups is 1. The smallest absolute Gasteiger partial charge is 0.272 e. The number of benzene rings is 2. The fraction of sp³-hybridized carbons (Fsp3) is 0.0588. The molecule has 0 spiro atoms. The Labute approximate surface area is 132 Å². The molecule has 116 valence electrons. The normalized spacial score (nSPS) is 14.7. The molecule has 1 aliphatic rings. The zero-order chi connectivity index (χ0) is 16.4. The number of carbonyl (C=O) groups is 2. The van der Waals surface area contributed by atoms with Gasteiger partial charge in [-0.05, 0) is 36.4 Å². The molecular formula is C17H14N2O4. The van der Waals surface area contributed by atoms with Crippen LogP contribution < -0.4 is 15.4 Å². The second kappa shape index (κ2) is 5.84. The lowest BCUT2D eigenvalue weighted by molar-refractivity contribution is -0.112. The fourth-order valence-corrected chi connectivity index (χ4v) is 2.23. The Morgan fingerprint density at radius 1 is 1.13 bits per heavy atom. The maximum atomic E-state index is 12.3. The van der Waals surface area contributed by atoms with E-state index in [9.17, 15) is 14.7 Å². The van der Waals surface area contributed by atoms with E-state index in [1.807, 2.05) is 0 Å². The lowest BCUT2D eigenvalue weighted by Crippen LogP contribution is -2.26. The van der Waals surface area contributed by atoms with Gasteiger partial charge in [-0.3, -0.25) is 9.59 Å². The lowest BCUT2D eigenvalue weighted by atomic mass is 10.1. The molecule has 6 heteroatoms. The summed E-state index contributed by atoms with van der Waals surface area (Å²) >= 11 is 0. The van der Waals surface area contributed by atoms with Crippen molar-refractivity contribution < 1.29 is 19.4 Å². The van der Waals surface area contributed by atoms with Gasteiger partial charge in [-0.25, -0.2) is 0 Å². The molecule has 3 rings (SSSR count). The Kier molecular flexibility index (Phi) is 3.72. The van der Waals surface area contributed by atoms with Crippen molar-refractivity contribution in [1.29, 1.82) is 0 Å². The van der Waals surface area contributed by atoms with Crippen LogP contribution in [0.25, 0.3) is 0 Å². The number of para-hydroxylation sites is 1. The zero-order valence-corrected chi connectivity index (χ0v) is 12.3. The van der Waals surface area contributed by atoms with Gasteiger partial charge >= 0.3 is 0 Å². The highest BCUT2D eigenvalue weighted by molar-refractivity contribution is 6.17. The minimum atomic E-state index is -0.440. The van der Waals surface area contributed by atoms with E-state index in [4.69, 9.17) is 4.74 Å². The van der Waals surface area contributed by atoms with E-state index in [-0.39, 0.29) is 17.2 Å².